The maximum absolute atomic E-state index is 13.1. The number of phenolic OH excluding ortho intramolecular Hbond substituents is 2. The Hall–Kier alpha value is -0.810. The van der Waals surface area contributed by atoms with Crippen LogP contribution in [0, 0.1) is 11.7 Å². The van der Waals surface area contributed by atoms with E-state index in [1.807, 2.05) is 0 Å². The molecule has 2 rings (SSSR count). The molecule has 0 spiro atoms. The van der Waals surface area contributed by atoms with Crippen LogP contribution in [0.2, 0.25) is 0 Å². The quantitative estimate of drug-likeness (QED) is 0.736. The van der Waals surface area contributed by atoms with Gasteiger partial charge in [-0.2, -0.15) is 0 Å². The van der Waals surface area contributed by atoms with Gasteiger partial charge >= 0.3 is 0 Å². The maximum Gasteiger partial charge on any atom is 0.194 e. The number of benzene rings is 1. The van der Waals surface area contributed by atoms with Gasteiger partial charge in [0.1, 0.15) is 0 Å². The SMILES string of the molecule is Oc1c(F)cc(Br)c(CC2CCCNC2)c1O. The Balaban J connectivity index is 2.22. The molecule has 0 saturated carbocycles. The average molecular weight is 304 g/mol. The smallest absolute Gasteiger partial charge is 0.194 e. The molecule has 0 aliphatic carbocycles. The summed E-state index contributed by atoms with van der Waals surface area (Å²) in [5, 5.41) is 22.4. The minimum absolute atomic E-state index is 0.345. The van der Waals surface area contributed by atoms with Crippen molar-refractivity contribution in [3.8, 4) is 11.5 Å². The van der Waals surface area contributed by atoms with Crippen molar-refractivity contribution in [2.24, 2.45) is 5.92 Å². The monoisotopic (exact) mass is 303 g/mol. The minimum Gasteiger partial charge on any atom is -0.504 e. The summed E-state index contributed by atoms with van der Waals surface area (Å²) < 4.78 is 13.7. The molecular weight excluding hydrogens is 289 g/mol. The lowest BCUT2D eigenvalue weighted by Gasteiger charge is -2.23. The van der Waals surface area contributed by atoms with E-state index in [0.29, 0.717) is 22.4 Å². The number of hydrogen-bond donors (Lipinski definition) is 3. The molecule has 0 radical (unpaired) electrons. The molecular formula is C12H15BrFNO2. The largest absolute Gasteiger partial charge is 0.504 e. The highest BCUT2D eigenvalue weighted by atomic mass is 79.9. The third kappa shape index (κ3) is 2.72. The molecule has 1 fully saturated rings. The molecule has 1 aliphatic heterocycles. The van der Waals surface area contributed by atoms with E-state index in [0.717, 1.165) is 25.9 Å². The summed E-state index contributed by atoms with van der Waals surface area (Å²) in [7, 11) is 0. The molecule has 17 heavy (non-hydrogen) atoms. The topological polar surface area (TPSA) is 52.5 Å². The Labute approximate surface area is 108 Å². The van der Waals surface area contributed by atoms with Crippen LogP contribution in [0.3, 0.4) is 0 Å². The van der Waals surface area contributed by atoms with Crippen LogP contribution in [0.5, 0.6) is 11.5 Å². The van der Waals surface area contributed by atoms with Crippen LogP contribution >= 0.6 is 15.9 Å². The molecule has 3 nitrogen and oxygen atoms in total. The lowest BCUT2D eigenvalue weighted by atomic mass is 9.92. The normalized spacial score (nSPS) is 20.5. The van der Waals surface area contributed by atoms with Crippen molar-refractivity contribution in [1.29, 1.82) is 0 Å². The number of nitrogens with one attached hydrogen (secondary N) is 1. The Morgan fingerprint density at radius 1 is 1.41 bits per heavy atom. The Morgan fingerprint density at radius 2 is 2.18 bits per heavy atom. The van der Waals surface area contributed by atoms with Crippen molar-refractivity contribution in [2.75, 3.05) is 13.1 Å². The van der Waals surface area contributed by atoms with Gasteiger partial charge in [0.05, 0.1) is 0 Å². The summed E-state index contributed by atoms with van der Waals surface area (Å²) in [6.07, 6.45) is 2.82. The summed E-state index contributed by atoms with van der Waals surface area (Å²) in [5.74, 6) is -1.40. The average Bonchev–Trinajstić information content (AvgIpc) is 2.33. The van der Waals surface area contributed by atoms with Crippen molar-refractivity contribution >= 4 is 15.9 Å². The van der Waals surface area contributed by atoms with Crippen LogP contribution < -0.4 is 5.32 Å². The maximum atomic E-state index is 13.1. The van der Waals surface area contributed by atoms with Crippen LogP contribution in [0.4, 0.5) is 4.39 Å². The first-order chi connectivity index (χ1) is 8.09. The number of piperidine rings is 1. The first-order valence-electron chi connectivity index (χ1n) is 5.69. The van der Waals surface area contributed by atoms with E-state index in [-0.39, 0.29) is 5.75 Å². The van der Waals surface area contributed by atoms with Gasteiger partial charge in [-0.15, -0.1) is 0 Å². The highest BCUT2D eigenvalue weighted by Gasteiger charge is 2.20. The number of aromatic hydroxyl groups is 2. The molecule has 1 aliphatic rings. The summed E-state index contributed by atoms with van der Waals surface area (Å²) in [6.45, 7) is 1.92. The lowest BCUT2D eigenvalue weighted by Crippen LogP contribution is -2.30. The molecule has 5 heteroatoms. The standard InChI is InChI=1S/C12H15BrFNO2/c13-9-5-10(14)12(17)11(16)8(9)4-7-2-1-3-15-6-7/h5,7,15-17H,1-4,6H2. The van der Waals surface area contributed by atoms with Crippen LogP contribution in [0.15, 0.2) is 10.5 Å². The summed E-state index contributed by atoms with van der Waals surface area (Å²) in [4.78, 5) is 0. The predicted octanol–water partition coefficient (Wildman–Crippen LogP) is 2.54. The highest BCUT2D eigenvalue weighted by molar-refractivity contribution is 9.10. The first-order valence-corrected chi connectivity index (χ1v) is 6.48. The van der Waals surface area contributed by atoms with Crippen molar-refractivity contribution in [3.63, 3.8) is 0 Å². The van der Waals surface area contributed by atoms with Gasteiger partial charge in [-0.05, 0) is 44.3 Å². The molecule has 1 heterocycles. The van der Waals surface area contributed by atoms with Crippen molar-refractivity contribution < 1.29 is 14.6 Å². The van der Waals surface area contributed by atoms with Gasteiger partial charge in [0.2, 0.25) is 0 Å². The van der Waals surface area contributed by atoms with Gasteiger partial charge in [-0.1, -0.05) is 15.9 Å². The van der Waals surface area contributed by atoms with Crippen LogP contribution in [-0.2, 0) is 6.42 Å². The van der Waals surface area contributed by atoms with E-state index >= 15 is 0 Å². The van der Waals surface area contributed by atoms with Gasteiger partial charge in [0.25, 0.3) is 0 Å². The third-order valence-corrected chi connectivity index (χ3v) is 3.88. The zero-order valence-electron chi connectivity index (χ0n) is 9.34. The number of rotatable bonds is 2. The summed E-state index contributed by atoms with van der Waals surface area (Å²) in [5.41, 5.74) is 0.581. The van der Waals surface area contributed by atoms with E-state index in [1.165, 1.54) is 6.07 Å². The first kappa shape index (κ1) is 12.6. The number of halogens is 2. The molecule has 1 unspecified atom stereocenters. The fourth-order valence-electron chi connectivity index (χ4n) is 2.22. The Morgan fingerprint density at radius 3 is 2.82 bits per heavy atom. The van der Waals surface area contributed by atoms with Crippen LogP contribution in [-0.4, -0.2) is 23.3 Å². The highest BCUT2D eigenvalue weighted by Crippen LogP contribution is 2.38. The van der Waals surface area contributed by atoms with E-state index in [4.69, 9.17) is 0 Å². The second-order valence-electron chi connectivity index (χ2n) is 4.43. The van der Waals surface area contributed by atoms with Crippen molar-refractivity contribution in [3.05, 3.63) is 21.9 Å². The number of hydrogen-bond acceptors (Lipinski definition) is 3. The van der Waals surface area contributed by atoms with Gasteiger partial charge in [0, 0.05) is 10.0 Å². The molecule has 0 aromatic heterocycles. The zero-order chi connectivity index (χ0) is 12.4. The van der Waals surface area contributed by atoms with Crippen LogP contribution in [0.25, 0.3) is 0 Å². The Kier molecular flexibility index (Phi) is 3.89. The fraction of sp³-hybridized carbons (Fsp3) is 0.500. The molecule has 94 valence electrons. The van der Waals surface area contributed by atoms with Gasteiger partial charge < -0.3 is 15.5 Å². The third-order valence-electron chi connectivity index (χ3n) is 3.17. The van der Waals surface area contributed by atoms with E-state index in [2.05, 4.69) is 21.2 Å². The van der Waals surface area contributed by atoms with Gasteiger partial charge in [-0.25, -0.2) is 4.39 Å². The fourth-order valence-corrected chi connectivity index (χ4v) is 2.77. The molecule has 0 bridgehead atoms. The minimum atomic E-state index is -0.806. The van der Waals surface area contributed by atoms with Crippen LogP contribution in [0.1, 0.15) is 18.4 Å². The zero-order valence-corrected chi connectivity index (χ0v) is 10.9. The van der Waals surface area contributed by atoms with Crippen molar-refractivity contribution in [2.45, 2.75) is 19.3 Å². The van der Waals surface area contributed by atoms with Crippen molar-refractivity contribution in [1.82, 2.24) is 5.32 Å². The van der Waals surface area contributed by atoms with E-state index < -0.39 is 11.6 Å². The number of phenols is 2. The lowest BCUT2D eigenvalue weighted by molar-refractivity contribution is 0.353. The van der Waals surface area contributed by atoms with Gasteiger partial charge in [0.15, 0.2) is 17.3 Å². The summed E-state index contributed by atoms with van der Waals surface area (Å²) >= 11 is 3.23. The molecule has 3 N–H and O–H groups in total. The van der Waals surface area contributed by atoms with Gasteiger partial charge in [-0.3, -0.25) is 0 Å². The molecule has 1 aromatic carbocycles. The summed E-state index contributed by atoms with van der Waals surface area (Å²) in [6, 6.07) is 1.20. The molecule has 1 saturated heterocycles. The van der Waals surface area contributed by atoms with E-state index in [9.17, 15) is 14.6 Å². The predicted molar refractivity (Wildman–Crippen MR) is 66.7 cm³/mol. The Bertz CT molecular complexity index is 419. The second-order valence-corrected chi connectivity index (χ2v) is 5.29. The van der Waals surface area contributed by atoms with E-state index in [1.54, 1.807) is 0 Å². The molecule has 0 amide bonds. The second kappa shape index (κ2) is 5.23. The molecule has 1 atom stereocenters. The molecule has 1 aromatic rings.